The Hall–Kier alpha value is -0.980. The minimum Gasteiger partial charge on any atom is -0.497 e. The van der Waals surface area contributed by atoms with Crippen LogP contribution in [0.1, 0.15) is 31.9 Å². The molecule has 0 aliphatic heterocycles. The molecule has 0 bridgehead atoms. The second kappa shape index (κ2) is 3.41. The first-order chi connectivity index (χ1) is 5.95. The highest BCUT2D eigenvalue weighted by Gasteiger charge is 2.15. The Morgan fingerprint density at radius 3 is 2.15 bits per heavy atom. The summed E-state index contributed by atoms with van der Waals surface area (Å²) in [5.41, 5.74) is 2.90. The molecular weight excluding hydrogens is 160 g/mol. The lowest BCUT2D eigenvalue weighted by molar-refractivity contribution is 0.413. The van der Waals surface area contributed by atoms with Crippen LogP contribution >= 0.6 is 0 Å². The zero-order valence-corrected chi connectivity index (χ0v) is 9.14. The van der Waals surface area contributed by atoms with Crippen LogP contribution in [0.3, 0.4) is 0 Å². The summed E-state index contributed by atoms with van der Waals surface area (Å²) in [4.78, 5) is 0. The summed E-state index contributed by atoms with van der Waals surface area (Å²) in [6.07, 6.45) is 0. The monoisotopic (exact) mass is 178 g/mol. The van der Waals surface area contributed by atoms with Crippen LogP contribution in [0.2, 0.25) is 0 Å². The van der Waals surface area contributed by atoms with E-state index in [1.165, 1.54) is 11.1 Å². The fourth-order valence-corrected chi connectivity index (χ4v) is 1.60. The van der Waals surface area contributed by atoms with E-state index in [9.17, 15) is 0 Å². The first kappa shape index (κ1) is 10.1. The van der Waals surface area contributed by atoms with Crippen molar-refractivity contribution >= 4 is 0 Å². The van der Waals surface area contributed by atoms with Crippen molar-refractivity contribution in [3.05, 3.63) is 29.3 Å². The van der Waals surface area contributed by atoms with E-state index < -0.39 is 0 Å². The quantitative estimate of drug-likeness (QED) is 0.641. The molecule has 1 rings (SSSR count). The van der Waals surface area contributed by atoms with Crippen LogP contribution < -0.4 is 4.74 Å². The fourth-order valence-electron chi connectivity index (χ4n) is 1.60. The summed E-state index contributed by atoms with van der Waals surface area (Å²) in [6, 6.07) is 6.25. The SMILES string of the molecule is COc1ccc(C(C)(C)C)c(C)c1. The van der Waals surface area contributed by atoms with Gasteiger partial charge in [-0.2, -0.15) is 0 Å². The van der Waals surface area contributed by atoms with E-state index in [0.717, 1.165) is 5.75 Å². The van der Waals surface area contributed by atoms with Gasteiger partial charge in [-0.3, -0.25) is 0 Å². The minimum absolute atomic E-state index is 0.219. The Labute approximate surface area is 80.7 Å². The first-order valence-electron chi connectivity index (χ1n) is 4.60. The number of benzene rings is 1. The molecule has 0 fully saturated rings. The molecule has 1 heteroatoms. The van der Waals surface area contributed by atoms with Gasteiger partial charge in [-0.15, -0.1) is 0 Å². The average molecular weight is 178 g/mol. The summed E-state index contributed by atoms with van der Waals surface area (Å²) < 4.78 is 5.16. The number of hydrogen-bond acceptors (Lipinski definition) is 1. The van der Waals surface area contributed by atoms with E-state index in [2.05, 4.69) is 39.8 Å². The third-order valence-corrected chi connectivity index (χ3v) is 2.24. The highest BCUT2D eigenvalue weighted by molar-refractivity contribution is 5.38. The van der Waals surface area contributed by atoms with Crippen LogP contribution in [-0.2, 0) is 5.41 Å². The van der Waals surface area contributed by atoms with Gasteiger partial charge in [0.05, 0.1) is 7.11 Å². The van der Waals surface area contributed by atoms with Crippen molar-refractivity contribution in [2.75, 3.05) is 7.11 Å². The number of methoxy groups -OCH3 is 1. The van der Waals surface area contributed by atoms with E-state index in [0.29, 0.717) is 0 Å². The number of hydrogen-bond donors (Lipinski definition) is 0. The number of aryl methyl sites for hydroxylation is 1. The van der Waals surface area contributed by atoms with Gasteiger partial charge in [-0.1, -0.05) is 26.8 Å². The first-order valence-corrected chi connectivity index (χ1v) is 4.60. The molecule has 13 heavy (non-hydrogen) atoms. The lowest BCUT2D eigenvalue weighted by Crippen LogP contribution is -2.12. The zero-order chi connectivity index (χ0) is 10.1. The van der Waals surface area contributed by atoms with Crippen molar-refractivity contribution in [2.24, 2.45) is 0 Å². The van der Waals surface area contributed by atoms with Gasteiger partial charge in [0, 0.05) is 0 Å². The van der Waals surface area contributed by atoms with Crippen LogP contribution in [0.5, 0.6) is 5.75 Å². The minimum atomic E-state index is 0.219. The van der Waals surface area contributed by atoms with Crippen molar-refractivity contribution in [1.29, 1.82) is 0 Å². The summed E-state index contributed by atoms with van der Waals surface area (Å²) >= 11 is 0. The van der Waals surface area contributed by atoms with Crippen molar-refractivity contribution in [2.45, 2.75) is 33.1 Å². The molecule has 0 heterocycles. The van der Waals surface area contributed by atoms with Crippen molar-refractivity contribution in [1.82, 2.24) is 0 Å². The van der Waals surface area contributed by atoms with Crippen LogP contribution in [-0.4, -0.2) is 7.11 Å². The Bertz CT molecular complexity index is 294. The average Bonchev–Trinajstić information content (AvgIpc) is 2.01. The van der Waals surface area contributed by atoms with Gasteiger partial charge in [0.2, 0.25) is 0 Å². The molecule has 0 aromatic heterocycles. The van der Waals surface area contributed by atoms with Crippen LogP contribution in [0.15, 0.2) is 18.2 Å². The van der Waals surface area contributed by atoms with Crippen LogP contribution in [0.4, 0.5) is 0 Å². The maximum absolute atomic E-state index is 5.16. The van der Waals surface area contributed by atoms with E-state index in [1.807, 2.05) is 6.07 Å². The lowest BCUT2D eigenvalue weighted by Gasteiger charge is -2.21. The highest BCUT2D eigenvalue weighted by Crippen LogP contribution is 2.27. The molecule has 0 unspecified atom stereocenters. The Morgan fingerprint density at radius 1 is 1.15 bits per heavy atom. The van der Waals surface area contributed by atoms with E-state index in [1.54, 1.807) is 7.11 Å². The van der Waals surface area contributed by atoms with Gasteiger partial charge in [-0.05, 0) is 35.6 Å². The van der Waals surface area contributed by atoms with Crippen molar-refractivity contribution in [3.8, 4) is 5.75 Å². The van der Waals surface area contributed by atoms with E-state index in [4.69, 9.17) is 4.74 Å². The van der Waals surface area contributed by atoms with Gasteiger partial charge in [0.1, 0.15) is 5.75 Å². The van der Waals surface area contributed by atoms with Crippen LogP contribution in [0.25, 0.3) is 0 Å². The Kier molecular flexibility index (Phi) is 2.65. The molecule has 72 valence electrons. The molecule has 0 radical (unpaired) electrons. The van der Waals surface area contributed by atoms with Crippen LogP contribution in [0, 0.1) is 6.92 Å². The third-order valence-electron chi connectivity index (χ3n) is 2.24. The van der Waals surface area contributed by atoms with Gasteiger partial charge < -0.3 is 4.74 Å². The molecule has 1 nitrogen and oxygen atoms in total. The standard InChI is InChI=1S/C12H18O/c1-9-8-10(13-5)6-7-11(9)12(2,3)4/h6-8H,1-5H3. The molecule has 0 amide bonds. The fraction of sp³-hybridized carbons (Fsp3) is 0.500. The molecule has 0 atom stereocenters. The summed E-state index contributed by atoms with van der Waals surface area (Å²) in [5.74, 6) is 0.936. The summed E-state index contributed by atoms with van der Waals surface area (Å²) in [7, 11) is 1.70. The van der Waals surface area contributed by atoms with Gasteiger partial charge in [0.15, 0.2) is 0 Å². The summed E-state index contributed by atoms with van der Waals surface area (Å²) in [6.45, 7) is 8.80. The number of ether oxygens (including phenoxy) is 1. The Morgan fingerprint density at radius 2 is 1.77 bits per heavy atom. The molecule has 0 saturated carbocycles. The van der Waals surface area contributed by atoms with Gasteiger partial charge in [-0.25, -0.2) is 0 Å². The van der Waals surface area contributed by atoms with Gasteiger partial charge in [0.25, 0.3) is 0 Å². The predicted octanol–water partition coefficient (Wildman–Crippen LogP) is 3.30. The molecule has 0 aliphatic rings. The zero-order valence-electron chi connectivity index (χ0n) is 9.14. The van der Waals surface area contributed by atoms with E-state index in [-0.39, 0.29) is 5.41 Å². The smallest absolute Gasteiger partial charge is 0.119 e. The second-order valence-electron chi connectivity index (χ2n) is 4.43. The molecule has 1 aromatic rings. The molecule has 0 spiro atoms. The molecule has 0 N–H and O–H groups in total. The molecule has 0 saturated heterocycles. The largest absolute Gasteiger partial charge is 0.497 e. The summed E-state index contributed by atoms with van der Waals surface area (Å²) in [5, 5.41) is 0. The van der Waals surface area contributed by atoms with Gasteiger partial charge >= 0.3 is 0 Å². The second-order valence-corrected chi connectivity index (χ2v) is 4.43. The lowest BCUT2D eigenvalue weighted by atomic mass is 9.84. The molecular formula is C12H18O. The highest BCUT2D eigenvalue weighted by atomic mass is 16.5. The molecule has 0 aliphatic carbocycles. The van der Waals surface area contributed by atoms with Crippen molar-refractivity contribution < 1.29 is 4.74 Å². The molecule has 1 aromatic carbocycles. The third kappa shape index (κ3) is 2.24. The number of rotatable bonds is 1. The normalized spacial score (nSPS) is 11.5. The topological polar surface area (TPSA) is 9.23 Å². The maximum atomic E-state index is 5.16. The Balaban J connectivity index is 3.13. The van der Waals surface area contributed by atoms with Crippen molar-refractivity contribution in [3.63, 3.8) is 0 Å². The maximum Gasteiger partial charge on any atom is 0.119 e. The van der Waals surface area contributed by atoms with E-state index >= 15 is 0 Å². The predicted molar refractivity (Wildman–Crippen MR) is 56.4 cm³/mol.